The molecule has 112 valence electrons. The molecule has 1 aliphatic carbocycles. The predicted molar refractivity (Wildman–Crippen MR) is 81.2 cm³/mol. The number of rotatable bonds is 3. The van der Waals surface area contributed by atoms with Gasteiger partial charge in [0.25, 0.3) is 5.91 Å². The van der Waals surface area contributed by atoms with Crippen molar-refractivity contribution < 1.29 is 4.79 Å². The van der Waals surface area contributed by atoms with Gasteiger partial charge in [-0.05, 0) is 26.2 Å². The van der Waals surface area contributed by atoms with Crippen LogP contribution in [0.1, 0.15) is 60.9 Å². The van der Waals surface area contributed by atoms with Crippen LogP contribution in [0.5, 0.6) is 0 Å². The van der Waals surface area contributed by atoms with Crippen LogP contribution in [-0.4, -0.2) is 28.0 Å². The van der Waals surface area contributed by atoms with Gasteiger partial charge in [0.15, 0.2) is 0 Å². The van der Waals surface area contributed by atoms with E-state index in [2.05, 4.69) is 15.3 Å². The smallest absolute Gasteiger partial charge is 0.254 e. The summed E-state index contributed by atoms with van der Waals surface area (Å²) in [5.41, 5.74) is 7.14. The number of aryl methyl sites for hydroxylation is 1. The van der Waals surface area contributed by atoms with E-state index >= 15 is 0 Å². The molecule has 0 saturated heterocycles. The van der Waals surface area contributed by atoms with Crippen molar-refractivity contribution in [1.29, 1.82) is 0 Å². The largest absolute Gasteiger partial charge is 0.349 e. The third-order valence-electron chi connectivity index (χ3n) is 3.57. The number of hydrogen-bond donors (Lipinski definition) is 2. The number of amides is 1. The summed E-state index contributed by atoms with van der Waals surface area (Å²) in [6, 6.07) is 0.401. The quantitative estimate of drug-likeness (QED) is 0.893. The third-order valence-corrected chi connectivity index (χ3v) is 3.57. The topological polar surface area (TPSA) is 80.9 Å². The van der Waals surface area contributed by atoms with Gasteiger partial charge in [-0.15, -0.1) is 12.4 Å². The van der Waals surface area contributed by atoms with Gasteiger partial charge in [-0.1, -0.05) is 13.8 Å². The van der Waals surface area contributed by atoms with Crippen molar-refractivity contribution in [3.05, 3.63) is 23.3 Å². The molecule has 1 aliphatic rings. The number of nitrogens with two attached hydrogens (primary N) is 1. The van der Waals surface area contributed by atoms with E-state index in [9.17, 15) is 4.79 Å². The van der Waals surface area contributed by atoms with Crippen LogP contribution in [0.15, 0.2) is 6.20 Å². The minimum atomic E-state index is -0.0908. The maximum Gasteiger partial charge on any atom is 0.254 e. The maximum atomic E-state index is 12.2. The molecule has 20 heavy (non-hydrogen) atoms. The summed E-state index contributed by atoms with van der Waals surface area (Å²) in [4.78, 5) is 20.8. The molecule has 1 fully saturated rings. The van der Waals surface area contributed by atoms with E-state index in [1.165, 1.54) is 0 Å². The van der Waals surface area contributed by atoms with Crippen molar-refractivity contribution in [3.63, 3.8) is 0 Å². The highest BCUT2D eigenvalue weighted by Gasteiger charge is 2.24. The van der Waals surface area contributed by atoms with Crippen molar-refractivity contribution >= 4 is 18.3 Å². The van der Waals surface area contributed by atoms with Crippen LogP contribution in [0.25, 0.3) is 0 Å². The summed E-state index contributed by atoms with van der Waals surface area (Å²) in [5.74, 6) is 0.951. The van der Waals surface area contributed by atoms with Crippen molar-refractivity contribution in [2.75, 3.05) is 0 Å². The summed E-state index contributed by atoms with van der Waals surface area (Å²) >= 11 is 0. The Kier molecular flexibility index (Phi) is 5.89. The lowest BCUT2D eigenvalue weighted by Crippen LogP contribution is -2.34. The van der Waals surface area contributed by atoms with Crippen molar-refractivity contribution in [3.8, 4) is 0 Å². The number of carbonyl (C=O) groups excluding carboxylic acids is 1. The van der Waals surface area contributed by atoms with Crippen molar-refractivity contribution in [2.45, 2.75) is 58.0 Å². The van der Waals surface area contributed by atoms with E-state index in [4.69, 9.17) is 5.73 Å². The van der Waals surface area contributed by atoms with Crippen molar-refractivity contribution in [1.82, 2.24) is 15.3 Å². The Labute approximate surface area is 126 Å². The monoisotopic (exact) mass is 298 g/mol. The first kappa shape index (κ1) is 16.9. The molecule has 1 saturated carbocycles. The van der Waals surface area contributed by atoms with Gasteiger partial charge in [-0.3, -0.25) is 4.79 Å². The van der Waals surface area contributed by atoms with Gasteiger partial charge in [-0.2, -0.15) is 0 Å². The molecular weight excluding hydrogens is 276 g/mol. The van der Waals surface area contributed by atoms with Gasteiger partial charge < -0.3 is 11.1 Å². The van der Waals surface area contributed by atoms with Gasteiger partial charge in [0.05, 0.1) is 11.3 Å². The zero-order valence-electron chi connectivity index (χ0n) is 12.2. The number of aromatic nitrogens is 2. The first-order chi connectivity index (χ1) is 8.97. The highest BCUT2D eigenvalue weighted by Crippen LogP contribution is 2.18. The number of nitrogens with one attached hydrogen (secondary N) is 1. The molecule has 0 spiro atoms. The Morgan fingerprint density at radius 2 is 2.15 bits per heavy atom. The first-order valence-corrected chi connectivity index (χ1v) is 6.87. The predicted octanol–water partition coefficient (Wildman–Crippen LogP) is 1.94. The minimum absolute atomic E-state index is 0. The Morgan fingerprint density at radius 3 is 2.65 bits per heavy atom. The fourth-order valence-electron chi connectivity index (χ4n) is 2.40. The molecule has 0 bridgehead atoms. The number of hydrogen-bond acceptors (Lipinski definition) is 4. The molecule has 2 rings (SSSR count). The third kappa shape index (κ3) is 3.90. The molecule has 0 radical (unpaired) electrons. The van der Waals surface area contributed by atoms with E-state index in [-0.39, 0.29) is 36.3 Å². The molecule has 1 heterocycles. The number of nitrogens with zero attached hydrogens (tertiary/aromatic N) is 2. The number of carbonyl (C=O) groups is 1. The van der Waals surface area contributed by atoms with Gasteiger partial charge in [0.2, 0.25) is 0 Å². The SMILES string of the molecule is Cc1nc(C(C)C)ncc1C(=O)N[C@@H]1CC[C@@H](N)C1.Cl. The van der Waals surface area contributed by atoms with Gasteiger partial charge in [0.1, 0.15) is 5.82 Å². The zero-order chi connectivity index (χ0) is 14.0. The lowest BCUT2D eigenvalue weighted by Gasteiger charge is -2.14. The Bertz CT molecular complexity index is 478. The molecule has 6 heteroatoms. The normalized spacial score (nSPS) is 21.6. The minimum Gasteiger partial charge on any atom is -0.349 e. The van der Waals surface area contributed by atoms with Gasteiger partial charge in [-0.25, -0.2) is 9.97 Å². The second-order valence-electron chi connectivity index (χ2n) is 5.63. The van der Waals surface area contributed by atoms with Crippen LogP contribution < -0.4 is 11.1 Å². The highest BCUT2D eigenvalue weighted by molar-refractivity contribution is 5.95. The van der Waals surface area contributed by atoms with E-state index in [0.29, 0.717) is 5.56 Å². The number of halogens is 1. The fraction of sp³-hybridized carbons (Fsp3) is 0.643. The Morgan fingerprint density at radius 1 is 1.45 bits per heavy atom. The van der Waals surface area contributed by atoms with Crippen LogP contribution in [0.4, 0.5) is 0 Å². The molecule has 1 aromatic rings. The summed E-state index contributed by atoms with van der Waals surface area (Å²) in [7, 11) is 0. The maximum absolute atomic E-state index is 12.2. The lowest BCUT2D eigenvalue weighted by atomic mass is 10.1. The van der Waals surface area contributed by atoms with Gasteiger partial charge >= 0.3 is 0 Å². The van der Waals surface area contributed by atoms with E-state index in [1.54, 1.807) is 6.20 Å². The molecule has 1 aromatic heterocycles. The Balaban J connectivity index is 0.00000200. The van der Waals surface area contributed by atoms with Crippen LogP contribution in [0.2, 0.25) is 0 Å². The molecule has 3 N–H and O–H groups in total. The second kappa shape index (κ2) is 6.99. The fourth-order valence-corrected chi connectivity index (χ4v) is 2.40. The molecular formula is C14H23ClN4O. The first-order valence-electron chi connectivity index (χ1n) is 6.87. The highest BCUT2D eigenvalue weighted by atomic mass is 35.5. The average molecular weight is 299 g/mol. The molecule has 1 amide bonds. The summed E-state index contributed by atoms with van der Waals surface area (Å²) in [6.07, 6.45) is 4.42. The van der Waals surface area contributed by atoms with Crippen LogP contribution >= 0.6 is 12.4 Å². The van der Waals surface area contributed by atoms with Crippen LogP contribution in [0, 0.1) is 6.92 Å². The second-order valence-corrected chi connectivity index (χ2v) is 5.63. The molecule has 0 aromatic carbocycles. The summed E-state index contributed by atoms with van der Waals surface area (Å²) in [5, 5.41) is 3.02. The van der Waals surface area contributed by atoms with E-state index < -0.39 is 0 Å². The molecule has 0 unspecified atom stereocenters. The zero-order valence-corrected chi connectivity index (χ0v) is 13.0. The average Bonchev–Trinajstić information content (AvgIpc) is 2.74. The van der Waals surface area contributed by atoms with Crippen LogP contribution in [-0.2, 0) is 0 Å². The molecule has 5 nitrogen and oxygen atoms in total. The van der Waals surface area contributed by atoms with E-state index in [1.807, 2.05) is 20.8 Å². The van der Waals surface area contributed by atoms with Crippen LogP contribution in [0.3, 0.4) is 0 Å². The summed E-state index contributed by atoms with van der Waals surface area (Å²) in [6.45, 7) is 5.92. The molecule has 2 atom stereocenters. The summed E-state index contributed by atoms with van der Waals surface area (Å²) < 4.78 is 0. The Hall–Kier alpha value is -1.20. The standard InChI is InChI=1S/C14H22N4O.ClH/c1-8(2)13-16-7-12(9(3)17-13)14(19)18-11-5-4-10(15)6-11;/h7-8,10-11H,4-6,15H2,1-3H3,(H,18,19);1H/t10-,11-;/m1./s1. The van der Waals surface area contributed by atoms with E-state index in [0.717, 1.165) is 30.8 Å². The lowest BCUT2D eigenvalue weighted by molar-refractivity contribution is 0.0936. The van der Waals surface area contributed by atoms with Crippen molar-refractivity contribution in [2.24, 2.45) is 5.73 Å². The molecule has 0 aliphatic heterocycles. The van der Waals surface area contributed by atoms with Gasteiger partial charge in [0, 0.05) is 24.2 Å².